The van der Waals surface area contributed by atoms with E-state index in [1.807, 2.05) is 6.07 Å². The lowest BCUT2D eigenvalue weighted by molar-refractivity contribution is 0.488. The molecular formula is C45H33NO. The summed E-state index contributed by atoms with van der Waals surface area (Å²) in [5, 5.41) is 0. The number of fused-ring (bicyclic) bond motifs is 8. The predicted octanol–water partition coefficient (Wildman–Crippen LogP) is 12.6. The lowest BCUT2D eigenvalue weighted by Crippen LogP contribution is -2.16. The SMILES string of the molecule is CC1(C)c2ccccc2-c2ccc(N(c3cccc(-c4ccccc4)c3)c3ccc4c(c3)-c3ccccc3-c3ccccc3O4)cc21. The number of para-hydroxylation sites is 1. The number of rotatable bonds is 4. The van der Waals surface area contributed by atoms with E-state index in [0.29, 0.717) is 0 Å². The fourth-order valence-electron chi connectivity index (χ4n) is 7.54. The summed E-state index contributed by atoms with van der Waals surface area (Å²) in [6, 6.07) is 58.9. The summed E-state index contributed by atoms with van der Waals surface area (Å²) in [5.74, 6) is 1.73. The molecular weight excluding hydrogens is 571 g/mol. The van der Waals surface area contributed by atoms with Crippen molar-refractivity contribution in [1.82, 2.24) is 0 Å². The second-order valence-corrected chi connectivity index (χ2v) is 13.0. The van der Waals surface area contributed by atoms with Crippen LogP contribution in [0.15, 0.2) is 164 Å². The highest BCUT2D eigenvalue weighted by molar-refractivity contribution is 5.93. The lowest BCUT2D eigenvalue weighted by Gasteiger charge is -2.29. The third-order valence-corrected chi connectivity index (χ3v) is 9.87. The lowest BCUT2D eigenvalue weighted by atomic mass is 9.82. The molecule has 7 aromatic rings. The standard InChI is InChI=1S/C45H33NO/c1-45(2)41-21-10-8-19-37(41)38-25-23-34(29-42(38)45)46(32-16-12-15-31(27-32)30-13-4-3-5-14-30)33-24-26-44-40(28-33)36-18-7-6-17-35(36)39-20-9-11-22-43(39)47-44/h3-29H,1-2H3. The van der Waals surface area contributed by atoms with Gasteiger partial charge in [-0.15, -0.1) is 0 Å². The van der Waals surface area contributed by atoms with Gasteiger partial charge >= 0.3 is 0 Å². The Morgan fingerprint density at radius 1 is 0.383 bits per heavy atom. The molecule has 0 atom stereocenters. The Hall–Kier alpha value is -5.86. The second kappa shape index (κ2) is 10.6. The van der Waals surface area contributed by atoms with Crippen LogP contribution in [0.3, 0.4) is 0 Å². The van der Waals surface area contributed by atoms with Crippen LogP contribution in [0.25, 0.3) is 44.5 Å². The van der Waals surface area contributed by atoms with E-state index < -0.39 is 0 Å². The smallest absolute Gasteiger partial charge is 0.135 e. The van der Waals surface area contributed by atoms with Gasteiger partial charge in [-0.05, 0) is 93.0 Å². The molecule has 47 heavy (non-hydrogen) atoms. The van der Waals surface area contributed by atoms with Gasteiger partial charge in [0.1, 0.15) is 11.5 Å². The summed E-state index contributed by atoms with van der Waals surface area (Å²) < 4.78 is 6.61. The van der Waals surface area contributed by atoms with E-state index in [1.165, 1.54) is 38.9 Å². The molecule has 1 aliphatic carbocycles. The van der Waals surface area contributed by atoms with Crippen LogP contribution in [0.2, 0.25) is 0 Å². The maximum absolute atomic E-state index is 6.61. The first-order chi connectivity index (χ1) is 23.1. The summed E-state index contributed by atoms with van der Waals surface area (Å²) in [7, 11) is 0. The van der Waals surface area contributed by atoms with Crippen molar-refractivity contribution in [2.24, 2.45) is 0 Å². The first-order valence-electron chi connectivity index (χ1n) is 16.3. The molecule has 2 aliphatic rings. The first-order valence-corrected chi connectivity index (χ1v) is 16.3. The zero-order chi connectivity index (χ0) is 31.5. The van der Waals surface area contributed by atoms with Crippen molar-refractivity contribution in [3.8, 4) is 56.0 Å². The Morgan fingerprint density at radius 3 is 1.79 bits per heavy atom. The Kier molecular flexibility index (Phi) is 6.20. The monoisotopic (exact) mass is 603 g/mol. The minimum atomic E-state index is -0.105. The zero-order valence-electron chi connectivity index (χ0n) is 26.4. The van der Waals surface area contributed by atoms with Crippen LogP contribution in [-0.2, 0) is 5.41 Å². The van der Waals surface area contributed by atoms with Crippen LogP contribution in [0, 0.1) is 0 Å². The molecule has 0 amide bonds. The van der Waals surface area contributed by atoms with Crippen molar-refractivity contribution >= 4 is 17.1 Å². The van der Waals surface area contributed by atoms with E-state index in [-0.39, 0.29) is 5.41 Å². The molecule has 0 spiro atoms. The van der Waals surface area contributed by atoms with E-state index in [0.717, 1.165) is 45.3 Å². The molecule has 7 aromatic carbocycles. The molecule has 2 nitrogen and oxygen atoms in total. The van der Waals surface area contributed by atoms with E-state index in [9.17, 15) is 0 Å². The fourth-order valence-corrected chi connectivity index (χ4v) is 7.54. The van der Waals surface area contributed by atoms with Gasteiger partial charge in [0.25, 0.3) is 0 Å². The number of benzene rings is 7. The van der Waals surface area contributed by atoms with Crippen molar-refractivity contribution in [2.45, 2.75) is 19.3 Å². The number of ether oxygens (including phenoxy) is 1. The summed E-state index contributed by atoms with van der Waals surface area (Å²) in [5.41, 5.74) is 15.5. The van der Waals surface area contributed by atoms with Crippen molar-refractivity contribution in [3.05, 3.63) is 175 Å². The van der Waals surface area contributed by atoms with Crippen molar-refractivity contribution in [2.75, 3.05) is 4.90 Å². The Labute approximate surface area is 276 Å². The summed E-state index contributed by atoms with van der Waals surface area (Å²) in [4.78, 5) is 2.40. The minimum Gasteiger partial charge on any atom is -0.456 e. The van der Waals surface area contributed by atoms with Gasteiger partial charge in [0.05, 0.1) is 0 Å². The number of anilines is 3. The zero-order valence-corrected chi connectivity index (χ0v) is 26.4. The van der Waals surface area contributed by atoms with Crippen molar-refractivity contribution in [1.29, 1.82) is 0 Å². The Bertz CT molecular complexity index is 2320. The van der Waals surface area contributed by atoms with Crippen LogP contribution in [0.1, 0.15) is 25.0 Å². The highest BCUT2D eigenvalue weighted by atomic mass is 16.5. The van der Waals surface area contributed by atoms with Gasteiger partial charge in [-0.25, -0.2) is 0 Å². The van der Waals surface area contributed by atoms with Gasteiger partial charge in [0, 0.05) is 33.6 Å². The number of hydrogen-bond donors (Lipinski definition) is 0. The average molecular weight is 604 g/mol. The van der Waals surface area contributed by atoms with Crippen LogP contribution < -0.4 is 9.64 Å². The van der Waals surface area contributed by atoms with Crippen LogP contribution in [0.4, 0.5) is 17.1 Å². The third-order valence-electron chi connectivity index (χ3n) is 9.87. The topological polar surface area (TPSA) is 12.5 Å². The van der Waals surface area contributed by atoms with Crippen LogP contribution >= 0.6 is 0 Å². The maximum Gasteiger partial charge on any atom is 0.135 e. The number of nitrogens with zero attached hydrogens (tertiary/aromatic N) is 1. The molecule has 0 radical (unpaired) electrons. The molecule has 0 saturated carbocycles. The Morgan fingerprint density at radius 2 is 0.957 bits per heavy atom. The Balaban J connectivity index is 1.25. The predicted molar refractivity (Wildman–Crippen MR) is 195 cm³/mol. The average Bonchev–Trinajstić information content (AvgIpc) is 3.25. The van der Waals surface area contributed by atoms with Gasteiger partial charge in [0.2, 0.25) is 0 Å². The van der Waals surface area contributed by atoms with E-state index in [4.69, 9.17) is 4.74 Å². The third kappa shape index (κ3) is 4.40. The molecule has 0 N–H and O–H groups in total. The van der Waals surface area contributed by atoms with Gasteiger partial charge in [-0.1, -0.05) is 129 Å². The summed E-state index contributed by atoms with van der Waals surface area (Å²) in [6.45, 7) is 4.69. The van der Waals surface area contributed by atoms with E-state index in [1.54, 1.807) is 0 Å². The summed E-state index contributed by atoms with van der Waals surface area (Å²) >= 11 is 0. The molecule has 2 heteroatoms. The second-order valence-electron chi connectivity index (χ2n) is 13.0. The molecule has 0 bridgehead atoms. The van der Waals surface area contributed by atoms with Crippen LogP contribution in [-0.4, -0.2) is 0 Å². The van der Waals surface area contributed by atoms with Crippen LogP contribution in [0.5, 0.6) is 11.5 Å². The molecule has 0 unspecified atom stereocenters. The van der Waals surface area contributed by atoms with Gasteiger partial charge < -0.3 is 9.64 Å². The van der Waals surface area contributed by atoms with E-state index >= 15 is 0 Å². The maximum atomic E-state index is 6.61. The fraction of sp³-hybridized carbons (Fsp3) is 0.0667. The quantitative estimate of drug-likeness (QED) is 0.198. The van der Waals surface area contributed by atoms with Gasteiger partial charge in [0.15, 0.2) is 0 Å². The molecule has 1 aliphatic heterocycles. The van der Waals surface area contributed by atoms with E-state index in [2.05, 4.69) is 176 Å². The molecule has 1 heterocycles. The normalized spacial score (nSPS) is 13.2. The highest BCUT2D eigenvalue weighted by Crippen LogP contribution is 2.52. The molecule has 0 saturated heterocycles. The molecule has 0 fully saturated rings. The molecule has 0 aromatic heterocycles. The minimum absolute atomic E-state index is 0.105. The number of hydrogen-bond acceptors (Lipinski definition) is 2. The van der Waals surface area contributed by atoms with Crippen molar-refractivity contribution in [3.63, 3.8) is 0 Å². The molecule has 224 valence electrons. The highest BCUT2D eigenvalue weighted by Gasteiger charge is 2.36. The van der Waals surface area contributed by atoms with Crippen molar-refractivity contribution < 1.29 is 4.74 Å². The first kappa shape index (κ1) is 27.5. The summed E-state index contributed by atoms with van der Waals surface area (Å²) in [6.07, 6.45) is 0. The largest absolute Gasteiger partial charge is 0.456 e. The van der Waals surface area contributed by atoms with Gasteiger partial charge in [-0.2, -0.15) is 0 Å². The van der Waals surface area contributed by atoms with Gasteiger partial charge in [-0.3, -0.25) is 0 Å². The molecule has 9 rings (SSSR count).